The first kappa shape index (κ1) is 17.7. The molecule has 3 nitrogen and oxygen atoms in total. The molecule has 7 heteroatoms. The van der Waals surface area contributed by atoms with Gasteiger partial charge in [-0.25, -0.2) is 4.79 Å². The molecule has 2 aromatic carbocycles. The highest BCUT2D eigenvalue weighted by Crippen LogP contribution is 2.36. The van der Waals surface area contributed by atoms with E-state index in [1.54, 1.807) is 30.8 Å². The maximum absolute atomic E-state index is 11.9. The van der Waals surface area contributed by atoms with Crippen LogP contribution in [0, 0.1) is 0 Å². The Morgan fingerprint density at radius 2 is 1.96 bits per heavy atom. The number of aromatic nitrogens is 1. The third kappa shape index (κ3) is 3.75. The van der Waals surface area contributed by atoms with Crippen LogP contribution in [0.15, 0.2) is 50.7 Å². The fourth-order valence-corrected chi connectivity index (χ4v) is 4.25. The topological polar surface area (TPSA) is 42.1 Å². The molecule has 1 aromatic heterocycles. The summed E-state index contributed by atoms with van der Waals surface area (Å²) in [5, 5.41) is 1.98. The summed E-state index contributed by atoms with van der Waals surface area (Å²) in [4.78, 5) is 17.0. The molecule has 3 aromatic rings. The van der Waals surface area contributed by atoms with Crippen molar-refractivity contribution in [2.45, 2.75) is 16.7 Å². The molecule has 0 aliphatic rings. The van der Waals surface area contributed by atoms with Crippen molar-refractivity contribution in [3.8, 4) is 0 Å². The number of ether oxygens (including phenoxy) is 1. The van der Waals surface area contributed by atoms with E-state index in [0.29, 0.717) is 22.3 Å². The summed E-state index contributed by atoms with van der Waals surface area (Å²) in [6.45, 7) is 2.12. The number of esters is 1. The number of aromatic amines is 1. The molecule has 0 bridgehead atoms. The summed E-state index contributed by atoms with van der Waals surface area (Å²) in [5.74, 6) is -0.362. The minimum absolute atomic E-state index is 0.341. The van der Waals surface area contributed by atoms with Crippen molar-refractivity contribution in [1.82, 2.24) is 4.98 Å². The fraction of sp³-hybridized carbons (Fsp3) is 0.118. The Morgan fingerprint density at radius 1 is 1.17 bits per heavy atom. The smallest absolute Gasteiger partial charge is 0.354 e. The van der Waals surface area contributed by atoms with Crippen molar-refractivity contribution in [1.29, 1.82) is 0 Å². The molecule has 0 fully saturated rings. The Balaban J connectivity index is 1.94. The van der Waals surface area contributed by atoms with Crippen molar-refractivity contribution in [3.05, 3.63) is 56.6 Å². The highest BCUT2D eigenvalue weighted by Gasteiger charge is 2.13. The lowest BCUT2D eigenvalue weighted by Crippen LogP contribution is -2.04. The van der Waals surface area contributed by atoms with Crippen LogP contribution >= 0.6 is 50.9 Å². The minimum Gasteiger partial charge on any atom is -0.461 e. The van der Waals surface area contributed by atoms with E-state index < -0.39 is 0 Å². The molecule has 0 saturated heterocycles. The van der Waals surface area contributed by atoms with Gasteiger partial charge in [0.15, 0.2) is 0 Å². The minimum atomic E-state index is -0.362. The van der Waals surface area contributed by atoms with Crippen molar-refractivity contribution in [2.75, 3.05) is 6.61 Å². The Bertz CT molecular complexity index is 926. The van der Waals surface area contributed by atoms with Crippen LogP contribution in [0.1, 0.15) is 17.4 Å². The second-order valence-corrected chi connectivity index (χ2v) is 7.76. The second-order valence-electron chi connectivity index (χ2n) is 4.95. The van der Waals surface area contributed by atoms with Gasteiger partial charge in [-0.3, -0.25) is 0 Å². The molecule has 1 N–H and O–H groups in total. The van der Waals surface area contributed by atoms with Crippen LogP contribution in [0.25, 0.3) is 10.9 Å². The van der Waals surface area contributed by atoms with Gasteiger partial charge in [-0.1, -0.05) is 50.9 Å². The average Bonchev–Trinajstić information content (AvgIpc) is 2.96. The van der Waals surface area contributed by atoms with E-state index in [1.165, 1.54) is 0 Å². The predicted molar refractivity (Wildman–Crippen MR) is 103 cm³/mol. The van der Waals surface area contributed by atoms with Crippen LogP contribution in [0.3, 0.4) is 0 Å². The van der Waals surface area contributed by atoms with Crippen molar-refractivity contribution >= 4 is 67.8 Å². The third-order valence-electron chi connectivity index (χ3n) is 3.28. The zero-order chi connectivity index (χ0) is 17.3. The number of rotatable bonds is 4. The van der Waals surface area contributed by atoms with Gasteiger partial charge in [0.2, 0.25) is 0 Å². The molecule has 1 heterocycles. The zero-order valence-electron chi connectivity index (χ0n) is 12.5. The van der Waals surface area contributed by atoms with Gasteiger partial charge in [0.1, 0.15) is 5.69 Å². The second kappa shape index (κ2) is 7.40. The van der Waals surface area contributed by atoms with Gasteiger partial charge in [-0.2, -0.15) is 0 Å². The molecular weight excluding hydrogens is 433 g/mol. The van der Waals surface area contributed by atoms with Crippen LogP contribution in [0.5, 0.6) is 0 Å². The highest BCUT2D eigenvalue weighted by molar-refractivity contribution is 9.10. The summed E-state index contributed by atoms with van der Waals surface area (Å²) in [5.41, 5.74) is 1.29. The summed E-state index contributed by atoms with van der Waals surface area (Å²) in [6, 6.07) is 11.3. The molecular formula is C17H12BrCl2NO2S. The molecule has 0 aliphatic heterocycles. The summed E-state index contributed by atoms with van der Waals surface area (Å²) < 4.78 is 5.93. The van der Waals surface area contributed by atoms with Gasteiger partial charge < -0.3 is 9.72 Å². The number of nitrogens with one attached hydrogen (secondary N) is 1. The Kier molecular flexibility index (Phi) is 5.45. The monoisotopic (exact) mass is 443 g/mol. The van der Waals surface area contributed by atoms with Gasteiger partial charge in [0, 0.05) is 25.2 Å². The average molecular weight is 445 g/mol. The van der Waals surface area contributed by atoms with Gasteiger partial charge in [0.05, 0.1) is 16.7 Å². The quantitative estimate of drug-likeness (QED) is 0.463. The zero-order valence-corrected chi connectivity index (χ0v) is 16.4. The Hall–Kier alpha value is -1.14. The lowest BCUT2D eigenvalue weighted by molar-refractivity contribution is 0.0520. The molecule has 0 unspecified atom stereocenters. The number of fused-ring (bicyclic) bond motifs is 1. The molecule has 0 saturated carbocycles. The number of carbonyl (C=O) groups is 1. The lowest BCUT2D eigenvalue weighted by Gasteiger charge is -2.05. The first-order valence-electron chi connectivity index (χ1n) is 7.10. The Morgan fingerprint density at radius 3 is 2.67 bits per heavy atom. The van der Waals surface area contributed by atoms with Crippen LogP contribution < -0.4 is 0 Å². The molecule has 3 rings (SSSR count). The van der Waals surface area contributed by atoms with E-state index in [-0.39, 0.29) is 5.97 Å². The molecule has 0 amide bonds. The van der Waals surface area contributed by atoms with E-state index in [9.17, 15) is 4.79 Å². The maximum Gasteiger partial charge on any atom is 0.354 e. The van der Waals surface area contributed by atoms with E-state index in [1.807, 2.05) is 24.3 Å². The standard InChI is InChI=1S/C17H12BrCl2NO2S/c1-2-23-17(22)16-8-11-12(18)5-10(7-15(11)21-16)24-9-3-4-13(19)14(20)6-9/h3-8,21H,2H2,1H3. The fourth-order valence-electron chi connectivity index (χ4n) is 2.22. The molecule has 0 atom stereocenters. The summed E-state index contributed by atoms with van der Waals surface area (Å²) in [7, 11) is 0. The van der Waals surface area contributed by atoms with Crippen LogP contribution in [-0.4, -0.2) is 17.6 Å². The normalized spacial score (nSPS) is 11.0. The Labute approximate surface area is 161 Å². The largest absolute Gasteiger partial charge is 0.461 e. The highest BCUT2D eigenvalue weighted by atomic mass is 79.9. The van der Waals surface area contributed by atoms with Crippen LogP contribution in [0.4, 0.5) is 0 Å². The third-order valence-corrected chi connectivity index (χ3v) is 5.64. The maximum atomic E-state index is 11.9. The van der Waals surface area contributed by atoms with E-state index in [0.717, 1.165) is 25.2 Å². The predicted octanol–water partition coefficient (Wildman–Crippen LogP) is 6.57. The number of benzene rings is 2. The van der Waals surface area contributed by atoms with Crippen molar-refractivity contribution < 1.29 is 9.53 Å². The van der Waals surface area contributed by atoms with E-state index in [2.05, 4.69) is 20.9 Å². The molecule has 24 heavy (non-hydrogen) atoms. The number of hydrogen-bond donors (Lipinski definition) is 1. The van der Waals surface area contributed by atoms with E-state index in [4.69, 9.17) is 27.9 Å². The van der Waals surface area contributed by atoms with Crippen LogP contribution in [0.2, 0.25) is 10.0 Å². The van der Waals surface area contributed by atoms with Crippen molar-refractivity contribution in [3.63, 3.8) is 0 Å². The summed E-state index contributed by atoms with van der Waals surface area (Å²) >= 11 is 17.1. The van der Waals surface area contributed by atoms with Gasteiger partial charge in [-0.15, -0.1) is 0 Å². The molecule has 0 radical (unpaired) electrons. The SMILES string of the molecule is CCOC(=O)c1cc2c(Br)cc(Sc3ccc(Cl)c(Cl)c3)cc2[nH]1. The molecule has 124 valence electrons. The van der Waals surface area contributed by atoms with Gasteiger partial charge in [-0.05, 0) is 43.3 Å². The molecule has 0 spiro atoms. The van der Waals surface area contributed by atoms with Crippen LogP contribution in [-0.2, 0) is 4.74 Å². The first-order chi connectivity index (χ1) is 11.5. The number of H-pyrrole nitrogens is 1. The molecule has 0 aliphatic carbocycles. The number of carbonyl (C=O) groups excluding carboxylic acids is 1. The van der Waals surface area contributed by atoms with E-state index >= 15 is 0 Å². The lowest BCUT2D eigenvalue weighted by atomic mass is 10.2. The van der Waals surface area contributed by atoms with Crippen molar-refractivity contribution in [2.24, 2.45) is 0 Å². The first-order valence-corrected chi connectivity index (χ1v) is 9.46. The number of hydrogen-bond acceptors (Lipinski definition) is 3. The summed E-state index contributed by atoms with van der Waals surface area (Å²) in [6.07, 6.45) is 0. The van der Waals surface area contributed by atoms with Gasteiger partial charge in [0.25, 0.3) is 0 Å². The van der Waals surface area contributed by atoms with Gasteiger partial charge >= 0.3 is 5.97 Å². The number of halogens is 3.